The van der Waals surface area contributed by atoms with E-state index in [1.807, 2.05) is 0 Å². The predicted octanol–water partition coefficient (Wildman–Crippen LogP) is 1.96. The second kappa shape index (κ2) is 8.08. The fourth-order valence-corrected chi connectivity index (χ4v) is 1.34. The third-order valence-electron chi connectivity index (χ3n) is 2.54. The first kappa shape index (κ1) is 12.9. The van der Waals surface area contributed by atoms with Gasteiger partial charge in [0.15, 0.2) is 0 Å². The van der Waals surface area contributed by atoms with Crippen molar-refractivity contribution in [2.75, 3.05) is 26.4 Å². The Morgan fingerprint density at radius 1 is 1.27 bits per heavy atom. The van der Waals surface area contributed by atoms with Gasteiger partial charge >= 0.3 is 0 Å². The summed E-state index contributed by atoms with van der Waals surface area (Å²) in [5.74, 6) is 0. The highest BCUT2D eigenvalue weighted by Crippen LogP contribution is 2.18. The molecular formula is C12H25NO2. The van der Waals surface area contributed by atoms with Crippen LogP contribution in [0, 0.1) is 0 Å². The standard InChI is InChI=1S/C12H25NO2/c1-3-4-7-14-8-9-15-11(2)10-13-12-5-6-12/h11-13H,3-10H2,1-2H3. The van der Waals surface area contributed by atoms with E-state index in [0.717, 1.165) is 38.8 Å². The van der Waals surface area contributed by atoms with Crippen molar-refractivity contribution in [3.8, 4) is 0 Å². The van der Waals surface area contributed by atoms with Crippen molar-refractivity contribution >= 4 is 0 Å². The summed E-state index contributed by atoms with van der Waals surface area (Å²) in [4.78, 5) is 0. The maximum Gasteiger partial charge on any atom is 0.0704 e. The van der Waals surface area contributed by atoms with Crippen LogP contribution in [0.2, 0.25) is 0 Å². The molecule has 90 valence electrons. The lowest BCUT2D eigenvalue weighted by atomic mass is 10.4. The van der Waals surface area contributed by atoms with E-state index in [9.17, 15) is 0 Å². The molecule has 0 bridgehead atoms. The first-order valence-corrected chi connectivity index (χ1v) is 6.25. The summed E-state index contributed by atoms with van der Waals surface area (Å²) in [6, 6.07) is 0.775. The maximum atomic E-state index is 5.61. The minimum absolute atomic E-state index is 0.306. The van der Waals surface area contributed by atoms with Crippen LogP contribution in [0.15, 0.2) is 0 Å². The van der Waals surface area contributed by atoms with Crippen molar-refractivity contribution in [2.45, 2.75) is 51.7 Å². The van der Waals surface area contributed by atoms with Crippen molar-refractivity contribution in [1.29, 1.82) is 0 Å². The zero-order valence-corrected chi connectivity index (χ0v) is 10.1. The summed E-state index contributed by atoms with van der Waals surface area (Å²) in [5, 5.41) is 3.45. The van der Waals surface area contributed by atoms with Crippen LogP contribution in [0.5, 0.6) is 0 Å². The van der Waals surface area contributed by atoms with E-state index in [1.54, 1.807) is 0 Å². The predicted molar refractivity (Wildman–Crippen MR) is 62.2 cm³/mol. The third-order valence-corrected chi connectivity index (χ3v) is 2.54. The Kier molecular flexibility index (Phi) is 6.98. The minimum atomic E-state index is 0.306. The number of nitrogens with one attached hydrogen (secondary N) is 1. The van der Waals surface area contributed by atoms with E-state index in [2.05, 4.69) is 19.2 Å². The van der Waals surface area contributed by atoms with Crippen LogP contribution >= 0.6 is 0 Å². The van der Waals surface area contributed by atoms with E-state index < -0.39 is 0 Å². The lowest BCUT2D eigenvalue weighted by Crippen LogP contribution is -2.29. The molecule has 1 atom stereocenters. The van der Waals surface area contributed by atoms with E-state index in [-0.39, 0.29) is 0 Å². The fourth-order valence-electron chi connectivity index (χ4n) is 1.34. The summed E-state index contributed by atoms with van der Waals surface area (Å²) in [6.07, 6.45) is 5.33. The molecule has 0 aromatic heterocycles. The second-order valence-electron chi connectivity index (χ2n) is 4.33. The number of ether oxygens (including phenoxy) is 2. The zero-order chi connectivity index (χ0) is 10.9. The van der Waals surface area contributed by atoms with Crippen molar-refractivity contribution in [1.82, 2.24) is 5.32 Å². The molecule has 0 saturated heterocycles. The van der Waals surface area contributed by atoms with Crippen LogP contribution in [-0.2, 0) is 9.47 Å². The molecule has 15 heavy (non-hydrogen) atoms. The molecule has 1 saturated carbocycles. The normalized spacial score (nSPS) is 18.0. The first-order valence-electron chi connectivity index (χ1n) is 6.25. The van der Waals surface area contributed by atoms with Gasteiger partial charge in [-0.1, -0.05) is 13.3 Å². The van der Waals surface area contributed by atoms with Gasteiger partial charge in [0.2, 0.25) is 0 Å². The van der Waals surface area contributed by atoms with Crippen LogP contribution < -0.4 is 5.32 Å². The molecule has 0 radical (unpaired) electrons. The smallest absolute Gasteiger partial charge is 0.0704 e. The molecule has 1 aliphatic rings. The van der Waals surface area contributed by atoms with Gasteiger partial charge in [0.05, 0.1) is 19.3 Å². The molecule has 1 rings (SSSR count). The highest BCUT2D eigenvalue weighted by atomic mass is 16.5. The second-order valence-corrected chi connectivity index (χ2v) is 4.33. The summed E-state index contributed by atoms with van der Waals surface area (Å²) in [7, 11) is 0. The fraction of sp³-hybridized carbons (Fsp3) is 1.00. The highest BCUT2D eigenvalue weighted by Gasteiger charge is 2.20. The van der Waals surface area contributed by atoms with Crippen LogP contribution in [0.25, 0.3) is 0 Å². The van der Waals surface area contributed by atoms with Gasteiger partial charge in [-0.25, -0.2) is 0 Å². The molecule has 1 N–H and O–H groups in total. The highest BCUT2D eigenvalue weighted by molar-refractivity contribution is 4.81. The molecule has 3 nitrogen and oxygen atoms in total. The monoisotopic (exact) mass is 215 g/mol. The number of hydrogen-bond donors (Lipinski definition) is 1. The van der Waals surface area contributed by atoms with Gasteiger partial charge in [-0.3, -0.25) is 0 Å². The van der Waals surface area contributed by atoms with Crippen LogP contribution in [0.1, 0.15) is 39.5 Å². The average Bonchev–Trinajstić information content (AvgIpc) is 3.04. The Labute approximate surface area is 93.5 Å². The minimum Gasteiger partial charge on any atom is -0.379 e. The van der Waals surface area contributed by atoms with Gasteiger partial charge in [-0.05, 0) is 26.2 Å². The van der Waals surface area contributed by atoms with Crippen LogP contribution in [0.3, 0.4) is 0 Å². The Hall–Kier alpha value is -0.120. The third kappa shape index (κ3) is 7.77. The van der Waals surface area contributed by atoms with Gasteiger partial charge in [0, 0.05) is 19.2 Å². The molecule has 1 unspecified atom stereocenters. The van der Waals surface area contributed by atoms with Gasteiger partial charge in [-0.2, -0.15) is 0 Å². The first-order chi connectivity index (χ1) is 7.33. The molecule has 1 aliphatic carbocycles. The van der Waals surface area contributed by atoms with E-state index in [1.165, 1.54) is 19.3 Å². The van der Waals surface area contributed by atoms with Gasteiger partial charge < -0.3 is 14.8 Å². The number of rotatable bonds is 10. The van der Waals surface area contributed by atoms with Crippen molar-refractivity contribution < 1.29 is 9.47 Å². The van der Waals surface area contributed by atoms with Gasteiger partial charge in [0.1, 0.15) is 0 Å². The van der Waals surface area contributed by atoms with E-state index in [4.69, 9.17) is 9.47 Å². The summed E-state index contributed by atoms with van der Waals surface area (Å²) in [6.45, 7) is 7.58. The molecule has 0 aromatic rings. The molecule has 0 heterocycles. The summed E-state index contributed by atoms with van der Waals surface area (Å²) < 4.78 is 11.0. The molecule has 0 aromatic carbocycles. The summed E-state index contributed by atoms with van der Waals surface area (Å²) in [5.41, 5.74) is 0. The molecule has 0 aliphatic heterocycles. The Balaban J connectivity index is 1.77. The van der Waals surface area contributed by atoms with E-state index >= 15 is 0 Å². The van der Waals surface area contributed by atoms with Crippen LogP contribution in [0.4, 0.5) is 0 Å². The largest absolute Gasteiger partial charge is 0.379 e. The lowest BCUT2D eigenvalue weighted by molar-refractivity contribution is 0.0121. The van der Waals surface area contributed by atoms with E-state index in [0.29, 0.717) is 6.10 Å². The molecular weight excluding hydrogens is 190 g/mol. The molecule has 3 heteroatoms. The average molecular weight is 215 g/mol. The lowest BCUT2D eigenvalue weighted by Gasteiger charge is -2.13. The van der Waals surface area contributed by atoms with Crippen molar-refractivity contribution in [3.05, 3.63) is 0 Å². The maximum absolute atomic E-state index is 5.61. The molecule has 0 spiro atoms. The number of unbranched alkanes of at least 4 members (excludes halogenated alkanes) is 1. The summed E-state index contributed by atoms with van der Waals surface area (Å²) >= 11 is 0. The molecule has 0 amide bonds. The van der Waals surface area contributed by atoms with Crippen molar-refractivity contribution in [3.63, 3.8) is 0 Å². The quantitative estimate of drug-likeness (QED) is 0.565. The zero-order valence-electron chi connectivity index (χ0n) is 10.1. The van der Waals surface area contributed by atoms with Gasteiger partial charge in [-0.15, -0.1) is 0 Å². The number of hydrogen-bond acceptors (Lipinski definition) is 3. The Bertz CT molecular complexity index is 149. The SMILES string of the molecule is CCCCOCCOC(C)CNC1CC1. The molecule has 1 fully saturated rings. The van der Waals surface area contributed by atoms with Gasteiger partial charge in [0.25, 0.3) is 0 Å². The van der Waals surface area contributed by atoms with Crippen LogP contribution in [-0.4, -0.2) is 38.5 Å². The topological polar surface area (TPSA) is 30.5 Å². The Morgan fingerprint density at radius 3 is 2.73 bits per heavy atom. The van der Waals surface area contributed by atoms with Crippen molar-refractivity contribution in [2.24, 2.45) is 0 Å². The Morgan fingerprint density at radius 2 is 2.07 bits per heavy atom.